The van der Waals surface area contributed by atoms with E-state index in [1.807, 2.05) is 12.1 Å². The molecule has 0 bridgehead atoms. The van der Waals surface area contributed by atoms with Gasteiger partial charge in [0.05, 0.1) is 0 Å². The third-order valence-corrected chi connectivity index (χ3v) is 2.38. The zero-order chi connectivity index (χ0) is 8.97. The Hall–Kier alpha value is -0.370. The topological polar surface area (TPSA) is 0 Å². The van der Waals surface area contributed by atoms with Crippen LogP contribution >= 0.6 is 15.9 Å². The van der Waals surface area contributed by atoms with Crippen molar-refractivity contribution in [3.05, 3.63) is 35.1 Å². The second kappa shape index (κ2) is 4.61. The van der Waals surface area contributed by atoms with E-state index in [1.165, 1.54) is 5.56 Å². The lowest BCUT2D eigenvalue weighted by atomic mass is 10.1. The fourth-order valence-corrected chi connectivity index (χ4v) is 1.41. The molecule has 0 unspecified atom stereocenters. The standard InChI is InChI=1S/C10H12BrF/c1-8-7-9(3-2-6-11)4-5-10(8)12/h4-5,7H,2-3,6H2,1H3. The van der Waals surface area contributed by atoms with Crippen molar-refractivity contribution in [1.29, 1.82) is 0 Å². The van der Waals surface area contributed by atoms with Crippen molar-refractivity contribution in [2.24, 2.45) is 0 Å². The van der Waals surface area contributed by atoms with Crippen LogP contribution in [-0.4, -0.2) is 5.33 Å². The van der Waals surface area contributed by atoms with Crippen molar-refractivity contribution < 1.29 is 4.39 Å². The summed E-state index contributed by atoms with van der Waals surface area (Å²) >= 11 is 3.37. The van der Waals surface area contributed by atoms with Gasteiger partial charge in [-0.05, 0) is 37.0 Å². The molecule has 12 heavy (non-hydrogen) atoms. The molecule has 2 heteroatoms. The molecule has 0 spiro atoms. The molecule has 0 radical (unpaired) electrons. The van der Waals surface area contributed by atoms with Crippen molar-refractivity contribution in [2.45, 2.75) is 19.8 Å². The minimum absolute atomic E-state index is 0.113. The fourth-order valence-electron chi connectivity index (χ4n) is 1.13. The Balaban J connectivity index is 2.69. The van der Waals surface area contributed by atoms with Crippen LogP contribution in [0.25, 0.3) is 0 Å². The molecule has 0 saturated heterocycles. The maximum absolute atomic E-state index is 12.8. The van der Waals surface area contributed by atoms with Gasteiger partial charge in [-0.15, -0.1) is 0 Å². The number of hydrogen-bond acceptors (Lipinski definition) is 0. The molecule has 0 aliphatic carbocycles. The van der Waals surface area contributed by atoms with Crippen LogP contribution in [0.5, 0.6) is 0 Å². The van der Waals surface area contributed by atoms with E-state index < -0.39 is 0 Å². The lowest BCUT2D eigenvalue weighted by molar-refractivity contribution is 0.617. The van der Waals surface area contributed by atoms with Gasteiger partial charge in [0.2, 0.25) is 0 Å². The summed E-state index contributed by atoms with van der Waals surface area (Å²) in [4.78, 5) is 0. The molecule has 0 heterocycles. The molecule has 0 nitrogen and oxygen atoms in total. The van der Waals surface area contributed by atoms with Crippen LogP contribution in [-0.2, 0) is 6.42 Å². The average molecular weight is 231 g/mol. The number of alkyl halides is 1. The molecule has 66 valence electrons. The van der Waals surface area contributed by atoms with E-state index >= 15 is 0 Å². The van der Waals surface area contributed by atoms with Gasteiger partial charge in [0.15, 0.2) is 0 Å². The van der Waals surface area contributed by atoms with E-state index in [2.05, 4.69) is 15.9 Å². The van der Waals surface area contributed by atoms with Gasteiger partial charge < -0.3 is 0 Å². The second-order valence-electron chi connectivity index (χ2n) is 2.88. The van der Waals surface area contributed by atoms with E-state index in [1.54, 1.807) is 13.0 Å². The first-order valence-electron chi connectivity index (χ1n) is 4.05. The van der Waals surface area contributed by atoms with Crippen LogP contribution in [0.15, 0.2) is 18.2 Å². The van der Waals surface area contributed by atoms with Crippen LogP contribution in [0.3, 0.4) is 0 Å². The van der Waals surface area contributed by atoms with E-state index in [0.29, 0.717) is 0 Å². The summed E-state index contributed by atoms with van der Waals surface area (Å²) in [7, 11) is 0. The molecule has 0 saturated carbocycles. The van der Waals surface area contributed by atoms with Gasteiger partial charge >= 0.3 is 0 Å². The van der Waals surface area contributed by atoms with Crippen molar-refractivity contribution in [1.82, 2.24) is 0 Å². The zero-order valence-corrected chi connectivity index (χ0v) is 8.70. The largest absolute Gasteiger partial charge is 0.207 e. The second-order valence-corrected chi connectivity index (χ2v) is 3.67. The lowest BCUT2D eigenvalue weighted by Gasteiger charge is -2.01. The van der Waals surface area contributed by atoms with Crippen LogP contribution in [0.4, 0.5) is 4.39 Å². The number of hydrogen-bond donors (Lipinski definition) is 0. The monoisotopic (exact) mass is 230 g/mol. The first-order chi connectivity index (χ1) is 5.74. The molecule has 0 N–H and O–H groups in total. The van der Waals surface area contributed by atoms with Gasteiger partial charge in [0.1, 0.15) is 5.82 Å². The quantitative estimate of drug-likeness (QED) is 0.699. The number of rotatable bonds is 3. The Bertz CT molecular complexity index is 258. The molecule has 0 amide bonds. The Morgan fingerprint density at radius 2 is 2.17 bits per heavy atom. The Kier molecular flexibility index (Phi) is 3.73. The number of halogens is 2. The average Bonchev–Trinajstić information content (AvgIpc) is 2.07. The molecule has 1 aromatic rings. The summed E-state index contributed by atoms with van der Waals surface area (Å²) < 4.78 is 12.8. The molecule has 0 aliphatic heterocycles. The minimum atomic E-state index is -0.113. The molecule has 1 rings (SSSR count). The van der Waals surface area contributed by atoms with Crippen molar-refractivity contribution in [3.8, 4) is 0 Å². The summed E-state index contributed by atoms with van der Waals surface area (Å²) in [6.45, 7) is 1.80. The summed E-state index contributed by atoms with van der Waals surface area (Å²) in [5.41, 5.74) is 1.95. The van der Waals surface area contributed by atoms with E-state index in [0.717, 1.165) is 23.7 Å². The maximum atomic E-state index is 12.8. The summed E-state index contributed by atoms with van der Waals surface area (Å²) in [6.07, 6.45) is 2.12. The highest BCUT2D eigenvalue weighted by Gasteiger charge is 1.97. The predicted octanol–water partition coefficient (Wildman–Crippen LogP) is 3.46. The number of benzene rings is 1. The Morgan fingerprint density at radius 3 is 2.75 bits per heavy atom. The van der Waals surface area contributed by atoms with Gasteiger partial charge in [-0.1, -0.05) is 28.1 Å². The molecule has 0 aromatic heterocycles. The molecule has 1 aromatic carbocycles. The Morgan fingerprint density at radius 1 is 1.42 bits per heavy atom. The van der Waals surface area contributed by atoms with Crippen LogP contribution in [0.1, 0.15) is 17.5 Å². The highest BCUT2D eigenvalue weighted by atomic mass is 79.9. The fraction of sp³-hybridized carbons (Fsp3) is 0.400. The lowest BCUT2D eigenvalue weighted by Crippen LogP contribution is -1.89. The third-order valence-electron chi connectivity index (χ3n) is 1.82. The van der Waals surface area contributed by atoms with Crippen LogP contribution in [0.2, 0.25) is 0 Å². The molecule has 0 aliphatic rings. The van der Waals surface area contributed by atoms with Crippen molar-refractivity contribution >= 4 is 15.9 Å². The molecule has 0 atom stereocenters. The molecular formula is C10H12BrF. The maximum Gasteiger partial charge on any atom is 0.126 e. The summed E-state index contributed by atoms with van der Waals surface area (Å²) in [5, 5.41) is 1.00. The first kappa shape index (κ1) is 9.72. The third kappa shape index (κ3) is 2.59. The molecule has 0 fully saturated rings. The van der Waals surface area contributed by atoms with Gasteiger partial charge in [0.25, 0.3) is 0 Å². The summed E-state index contributed by atoms with van der Waals surface area (Å²) in [6, 6.07) is 5.31. The SMILES string of the molecule is Cc1cc(CCCBr)ccc1F. The first-order valence-corrected chi connectivity index (χ1v) is 5.17. The number of aryl methyl sites for hydroxylation is 2. The van der Waals surface area contributed by atoms with E-state index in [9.17, 15) is 4.39 Å². The molecular weight excluding hydrogens is 219 g/mol. The smallest absolute Gasteiger partial charge is 0.126 e. The zero-order valence-electron chi connectivity index (χ0n) is 7.11. The van der Waals surface area contributed by atoms with Crippen molar-refractivity contribution in [3.63, 3.8) is 0 Å². The highest BCUT2D eigenvalue weighted by Crippen LogP contribution is 2.11. The highest BCUT2D eigenvalue weighted by molar-refractivity contribution is 9.09. The summed E-state index contributed by atoms with van der Waals surface area (Å²) in [5.74, 6) is -0.113. The van der Waals surface area contributed by atoms with Crippen LogP contribution < -0.4 is 0 Å². The Labute approximate surface area is 80.9 Å². The van der Waals surface area contributed by atoms with Gasteiger partial charge in [-0.25, -0.2) is 4.39 Å². The minimum Gasteiger partial charge on any atom is -0.207 e. The van der Waals surface area contributed by atoms with E-state index in [4.69, 9.17) is 0 Å². The predicted molar refractivity (Wildman–Crippen MR) is 53.3 cm³/mol. The normalized spacial score (nSPS) is 10.2. The van der Waals surface area contributed by atoms with Crippen LogP contribution in [0, 0.1) is 12.7 Å². The van der Waals surface area contributed by atoms with Crippen molar-refractivity contribution in [2.75, 3.05) is 5.33 Å². The van der Waals surface area contributed by atoms with E-state index in [-0.39, 0.29) is 5.82 Å². The van der Waals surface area contributed by atoms with Gasteiger partial charge in [-0.3, -0.25) is 0 Å². The van der Waals surface area contributed by atoms with Gasteiger partial charge in [0, 0.05) is 5.33 Å². The van der Waals surface area contributed by atoms with Gasteiger partial charge in [-0.2, -0.15) is 0 Å².